The summed E-state index contributed by atoms with van der Waals surface area (Å²) in [5.74, 6) is -3.27. The number of carbonyl (C=O) groups is 4. The smallest absolute Gasteiger partial charge is 0.303 e. The summed E-state index contributed by atoms with van der Waals surface area (Å²) in [4.78, 5) is 51.3. The average molecular weight is 585 g/mol. The molecule has 0 amide bonds. The highest BCUT2D eigenvalue weighted by Crippen LogP contribution is 2.74. The number of ketones is 1. The van der Waals surface area contributed by atoms with Crippen LogP contribution in [0.25, 0.3) is 0 Å². The lowest BCUT2D eigenvalue weighted by atomic mass is 9.47. The number of hydrogen-bond donors (Lipinski definition) is 1. The van der Waals surface area contributed by atoms with Gasteiger partial charge < -0.3 is 24.1 Å². The van der Waals surface area contributed by atoms with Crippen molar-refractivity contribution in [2.75, 3.05) is 0 Å². The van der Waals surface area contributed by atoms with Crippen molar-refractivity contribution in [1.82, 2.24) is 0 Å². The van der Waals surface area contributed by atoms with Crippen molar-refractivity contribution in [1.29, 1.82) is 0 Å². The number of fused-ring (bicyclic) bond motifs is 4. The molecule has 0 aromatic heterocycles. The second-order valence-electron chi connectivity index (χ2n) is 14.0. The lowest BCUT2D eigenvalue weighted by Crippen LogP contribution is -2.73. The minimum atomic E-state index is -1.60. The fourth-order valence-corrected chi connectivity index (χ4v) is 9.58. The quantitative estimate of drug-likeness (QED) is 0.387. The molecule has 4 aliphatic carbocycles. The van der Waals surface area contributed by atoms with Crippen molar-refractivity contribution >= 4 is 23.7 Å². The second kappa shape index (κ2) is 10.4. The van der Waals surface area contributed by atoms with E-state index < -0.39 is 76.0 Å². The van der Waals surface area contributed by atoms with Gasteiger partial charge in [-0.3, -0.25) is 19.2 Å². The number of Topliss-reactive ketones (excluding diaryl/α,β-unsaturated/α-hetero) is 1. The minimum absolute atomic E-state index is 0.0441. The molecule has 0 unspecified atom stereocenters. The van der Waals surface area contributed by atoms with Crippen LogP contribution in [-0.2, 0) is 44.7 Å². The van der Waals surface area contributed by atoms with Crippen LogP contribution in [0, 0.1) is 34.5 Å². The molecule has 0 heterocycles. The summed E-state index contributed by atoms with van der Waals surface area (Å²) in [6.07, 6.45) is -1.28. The van der Waals surface area contributed by atoms with E-state index >= 15 is 0 Å². The summed E-state index contributed by atoms with van der Waals surface area (Å²) in [5.41, 5.74) is -3.55. The Balaban J connectivity index is 1.65. The number of rotatable bonds is 6. The highest BCUT2D eigenvalue weighted by atomic mass is 16.6. The van der Waals surface area contributed by atoms with Crippen LogP contribution in [0.1, 0.15) is 79.7 Å². The van der Waals surface area contributed by atoms with E-state index in [2.05, 4.69) is 0 Å². The first kappa shape index (κ1) is 30.7. The van der Waals surface area contributed by atoms with Crippen molar-refractivity contribution in [2.24, 2.45) is 34.5 Å². The third-order valence-corrected chi connectivity index (χ3v) is 11.1. The van der Waals surface area contributed by atoms with E-state index in [0.717, 1.165) is 5.56 Å². The van der Waals surface area contributed by atoms with Crippen molar-refractivity contribution in [2.45, 2.75) is 110 Å². The highest BCUT2D eigenvalue weighted by molar-refractivity contribution is 5.84. The summed E-state index contributed by atoms with van der Waals surface area (Å²) >= 11 is 0. The predicted octanol–water partition coefficient (Wildman–Crippen LogP) is 4.17. The first-order chi connectivity index (χ1) is 19.6. The van der Waals surface area contributed by atoms with E-state index in [9.17, 15) is 24.3 Å². The van der Waals surface area contributed by atoms with Gasteiger partial charge in [0.2, 0.25) is 0 Å². The molecule has 1 aromatic rings. The Bertz CT molecular complexity index is 1260. The lowest BCUT2D eigenvalue weighted by molar-refractivity contribution is -0.289. The van der Waals surface area contributed by atoms with Gasteiger partial charge in [-0.05, 0) is 43.6 Å². The minimum Gasteiger partial charge on any atom is -0.461 e. The molecule has 4 aliphatic rings. The molecule has 1 aromatic carbocycles. The van der Waals surface area contributed by atoms with E-state index in [0.29, 0.717) is 19.4 Å². The molecule has 5 rings (SSSR count). The molecule has 9 heteroatoms. The van der Waals surface area contributed by atoms with Crippen molar-refractivity contribution in [3.05, 3.63) is 35.9 Å². The summed E-state index contributed by atoms with van der Waals surface area (Å²) in [7, 11) is 0. The first-order valence-electron chi connectivity index (χ1n) is 15.0. The van der Waals surface area contributed by atoms with Crippen molar-refractivity contribution in [3.63, 3.8) is 0 Å². The summed E-state index contributed by atoms with van der Waals surface area (Å²) < 4.78 is 24.5. The molecule has 4 saturated carbocycles. The third kappa shape index (κ3) is 4.67. The predicted molar refractivity (Wildman–Crippen MR) is 151 cm³/mol. The highest BCUT2D eigenvalue weighted by Gasteiger charge is 2.80. The van der Waals surface area contributed by atoms with E-state index in [1.807, 2.05) is 51.1 Å². The number of benzene rings is 1. The first-order valence-corrected chi connectivity index (χ1v) is 15.0. The Kier molecular flexibility index (Phi) is 7.62. The fraction of sp³-hybridized carbons (Fsp3) is 0.697. The van der Waals surface area contributed by atoms with Gasteiger partial charge in [0, 0.05) is 43.9 Å². The molecule has 0 aliphatic heterocycles. The number of esters is 3. The fourth-order valence-electron chi connectivity index (χ4n) is 9.58. The lowest BCUT2D eigenvalue weighted by Gasteiger charge is -2.63. The van der Waals surface area contributed by atoms with Gasteiger partial charge in [0.25, 0.3) is 0 Å². The Morgan fingerprint density at radius 3 is 2.17 bits per heavy atom. The molecular weight excluding hydrogens is 540 g/mol. The summed E-state index contributed by atoms with van der Waals surface area (Å²) in [5, 5.41) is 12.8. The number of aliphatic hydroxyl groups is 1. The SMILES string of the molecule is CC(=O)O[C@@H]1[C@H]2[C@@H](OCc3ccccc3)[C@@H](C)C[C@]2(O)[C@H](OC(C)=O)[C@@]2(C)[C@@H]3C[C@@](C)(OC(C)=O)CC(=O)[C@@H]3C[C@@]12C. The van der Waals surface area contributed by atoms with E-state index in [4.69, 9.17) is 18.9 Å². The molecule has 230 valence electrons. The van der Waals surface area contributed by atoms with Gasteiger partial charge in [-0.15, -0.1) is 0 Å². The van der Waals surface area contributed by atoms with Crippen LogP contribution in [0.2, 0.25) is 0 Å². The number of carbonyl (C=O) groups excluding carboxylic acids is 4. The number of ether oxygens (including phenoxy) is 4. The van der Waals surface area contributed by atoms with Crippen LogP contribution in [0.5, 0.6) is 0 Å². The molecule has 4 fully saturated rings. The molecule has 42 heavy (non-hydrogen) atoms. The molecule has 9 nitrogen and oxygen atoms in total. The molecule has 0 radical (unpaired) electrons. The van der Waals surface area contributed by atoms with Crippen molar-refractivity contribution < 1.29 is 43.2 Å². The van der Waals surface area contributed by atoms with Gasteiger partial charge in [-0.1, -0.05) is 51.1 Å². The Labute approximate surface area is 247 Å². The Morgan fingerprint density at radius 2 is 1.57 bits per heavy atom. The van der Waals surface area contributed by atoms with Gasteiger partial charge in [0.15, 0.2) is 0 Å². The van der Waals surface area contributed by atoms with E-state index in [1.165, 1.54) is 20.8 Å². The van der Waals surface area contributed by atoms with Gasteiger partial charge in [-0.2, -0.15) is 0 Å². The van der Waals surface area contributed by atoms with E-state index in [-0.39, 0.29) is 24.5 Å². The summed E-state index contributed by atoms with van der Waals surface area (Å²) in [6.45, 7) is 12.0. The standard InChI is InChI=1S/C33H44O9/c1-18-13-33(38)26(27(18)39-17-22-11-9-8-10-12-22)28(40-19(2)34)31(6)14-23-24(32(31,7)29(33)41-20(3)35)15-30(5,16-25(23)37)42-21(4)36/h8-12,18,23-24,26-29,38H,13-17H2,1-7H3/t18-,23+,24+,26+,27-,28+,29+,30+,31-,32+,33+/m0/s1. The van der Waals surface area contributed by atoms with Gasteiger partial charge in [0.1, 0.15) is 29.2 Å². The summed E-state index contributed by atoms with van der Waals surface area (Å²) in [6, 6.07) is 9.71. The molecule has 0 spiro atoms. The Morgan fingerprint density at radius 1 is 0.929 bits per heavy atom. The zero-order valence-electron chi connectivity index (χ0n) is 25.7. The van der Waals surface area contributed by atoms with Crippen LogP contribution in [0.3, 0.4) is 0 Å². The van der Waals surface area contributed by atoms with Crippen molar-refractivity contribution in [3.8, 4) is 0 Å². The third-order valence-electron chi connectivity index (χ3n) is 11.1. The van der Waals surface area contributed by atoms with Gasteiger partial charge in [0.05, 0.1) is 18.6 Å². The van der Waals surface area contributed by atoms with Gasteiger partial charge in [-0.25, -0.2) is 0 Å². The van der Waals surface area contributed by atoms with Crippen LogP contribution in [-0.4, -0.2) is 58.3 Å². The molecule has 0 bridgehead atoms. The van der Waals surface area contributed by atoms with Gasteiger partial charge >= 0.3 is 17.9 Å². The number of hydrogen-bond acceptors (Lipinski definition) is 9. The van der Waals surface area contributed by atoms with Crippen LogP contribution >= 0.6 is 0 Å². The molecule has 0 saturated heterocycles. The molecule has 1 N–H and O–H groups in total. The van der Waals surface area contributed by atoms with Crippen LogP contribution < -0.4 is 0 Å². The largest absolute Gasteiger partial charge is 0.461 e. The zero-order valence-corrected chi connectivity index (χ0v) is 25.7. The Hall–Kier alpha value is -2.78. The molecular formula is C33H44O9. The normalized spacial score (nSPS) is 44.0. The maximum Gasteiger partial charge on any atom is 0.303 e. The van der Waals surface area contributed by atoms with Crippen LogP contribution in [0.15, 0.2) is 30.3 Å². The second-order valence-corrected chi connectivity index (χ2v) is 14.0. The van der Waals surface area contributed by atoms with E-state index in [1.54, 1.807) is 6.92 Å². The maximum atomic E-state index is 13.8. The average Bonchev–Trinajstić information content (AvgIpc) is 3.27. The maximum absolute atomic E-state index is 13.8. The molecule has 11 atom stereocenters. The zero-order chi connectivity index (χ0) is 30.8. The topological polar surface area (TPSA) is 125 Å². The monoisotopic (exact) mass is 584 g/mol. The van der Waals surface area contributed by atoms with Crippen LogP contribution in [0.4, 0.5) is 0 Å².